The fourth-order valence-electron chi connectivity index (χ4n) is 3.05. The first-order valence-corrected chi connectivity index (χ1v) is 8.33. The van der Waals surface area contributed by atoms with Crippen LogP contribution in [0.25, 0.3) is 0 Å². The zero-order valence-corrected chi connectivity index (χ0v) is 13.9. The summed E-state index contributed by atoms with van der Waals surface area (Å²) < 4.78 is 11.5. The highest BCUT2D eigenvalue weighted by Gasteiger charge is 2.24. The highest BCUT2D eigenvalue weighted by atomic mass is 16.5. The predicted octanol–water partition coefficient (Wildman–Crippen LogP) is 1.74. The molecular formula is C18H28NO3+. The smallest absolute Gasteiger partial charge is 0.162 e. The van der Waals surface area contributed by atoms with Crippen LogP contribution in [-0.2, 0) is 4.74 Å². The van der Waals surface area contributed by atoms with Crippen LogP contribution in [0.3, 0.4) is 0 Å². The Hall–Kier alpha value is -1.39. The Bertz CT molecular complexity index is 462. The molecule has 0 amide bonds. The van der Waals surface area contributed by atoms with Gasteiger partial charge in [-0.1, -0.05) is 6.92 Å². The average Bonchev–Trinajstić information content (AvgIpc) is 2.50. The third kappa shape index (κ3) is 5.11. The molecule has 4 heteroatoms. The van der Waals surface area contributed by atoms with Crippen LogP contribution in [0, 0.1) is 0 Å². The molecule has 0 bridgehead atoms. The lowest BCUT2D eigenvalue weighted by molar-refractivity contribution is -0.915. The Morgan fingerprint density at radius 2 is 1.86 bits per heavy atom. The number of nitrogens with one attached hydrogen (secondary N) is 1. The van der Waals surface area contributed by atoms with Crippen LogP contribution in [0.15, 0.2) is 24.3 Å². The van der Waals surface area contributed by atoms with Crippen molar-refractivity contribution < 1.29 is 19.2 Å². The lowest BCUT2D eigenvalue weighted by atomic mass is 10.1. The summed E-state index contributed by atoms with van der Waals surface area (Å²) in [4.78, 5) is 13.2. The van der Waals surface area contributed by atoms with Gasteiger partial charge in [-0.15, -0.1) is 0 Å². The van der Waals surface area contributed by atoms with Gasteiger partial charge in [0, 0.05) is 18.4 Å². The standard InChI is InChI=1S/C18H27NO3/c1-4-18(20)16-6-8-17(9-7-16)21-11-5-10-19-12-14(2)22-15(3)13-19/h6-9,14-15H,4-5,10-13H2,1-3H3/p+1/t14-,15-/m1/s1. The van der Waals surface area contributed by atoms with Crippen LogP contribution in [0.4, 0.5) is 0 Å². The molecule has 1 saturated heterocycles. The van der Waals surface area contributed by atoms with Crippen molar-refractivity contribution in [3.8, 4) is 5.75 Å². The van der Waals surface area contributed by atoms with Crippen molar-refractivity contribution in [1.82, 2.24) is 0 Å². The largest absolute Gasteiger partial charge is 0.493 e. The minimum atomic E-state index is 0.172. The summed E-state index contributed by atoms with van der Waals surface area (Å²) in [6, 6.07) is 7.46. The Morgan fingerprint density at radius 1 is 1.23 bits per heavy atom. The first kappa shape index (κ1) is 17.0. The van der Waals surface area contributed by atoms with Crippen molar-refractivity contribution >= 4 is 5.78 Å². The van der Waals surface area contributed by atoms with Gasteiger partial charge >= 0.3 is 0 Å². The van der Waals surface area contributed by atoms with Gasteiger partial charge in [-0.05, 0) is 38.1 Å². The number of carbonyl (C=O) groups is 1. The Morgan fingerprint density at radius 3 is 2.45 bits per heavy atom. The zero-order chi connectivity index (χ0) is 15.9. The van der Waals surface area contributed by atoms with Crippen LogP contribution in [0.2, 0.25) is 0 Å². The summed E-state index contributed by atoms with van der Waals surface area (Å²) in [5, 5.41) is 0. The Balaban J connectivity index is 1.69. The maximum absolute atomic E-state index is 11.6. The van der Waals surface area contributed by atoms with Gasteiger partial charge in [-0.3, -0.25) is 4.79 Å². The number of morpholine rings is 1. The predicted molar refractivity (Wildman–Crippen MR) is 86.7 cm³/mol. The number of ether oxygens (including phenoxy) is 2. The number of carbonyl (C=O) groups excluding carboxylic acids is 1. The fraction of sp³-hybridized carbons (Fsp3) is 0.611. The molecule has 0 saturated carbocycles. The normalized spacial score (nSPS) is 25.0. The molecule has 1 N–H and O–H groups in total. The van der Waals surface area contributed by atoms with E-state index in [9.17, 15) is 4.79 Å². The second-order valence-corrected chi connectivity index (χ2v) is 6.17. The number of quaternary nitrogens is 1. The molecule has 1 aliphatic rings. The molecule has 0 aromatic heterocycles. The number of hydrogen-bond donors (Lipinski definition) is 1. The molecule has 0 spiro atoms. The van der Waals surface area contributed by atoms with E-state index in [4.69, 9.17) is 9.47 Å². The number of hydrogen-bond acceptors (Lipinski definition) is 3. The van der Waals surface area contributed by atoms with E-state index in [-0.39, 0.29) is 5.78 Å². The molecular weight excluding hydrogens is 278 g/mol. The third-order valence-electron chi connectivity index (χ3n) is 4.06. The molecule has 0 radical (unpaired) electrons. The lowest BCUT2D eigenvalue weighted by Crippen LogP contribution is -3.15. The van der Waals surface area contributed by atoms with Crippen molar-refractivity contribution in [1.29, 1.82) is 0 Å². The third-order valence-corrected chi connectivity index (χ3v) is 4.06. The van der Waals surface area contributed by atoms with E-state index in [1.807, 2.05) is 31.2 Å². The topological polar surface area (TPSA) is 40.0 Å². The van der Waals surface area contributed by atoms with Gasteiger partial charge in [0.05, 0.1) is 13.2 Å². The molecule has 2 rings (SSSR count). The van der Waals surface area contributed by atoms with Crippen molar-refractivity contribution in [3.05, 3.63) is 29.8 Å². The molecule has 4 nitrogen and oxygen atoms in total. The maximum atomic E-state index is 11.6. The quantitative estimate of drug-likeness (QED) is 0.616. The molecule has 1 aromatic rings. The van der Waals surface area contributed by atoms with Crippen molar-refractivity contribution in [2.75, 3.05) is 26.2 Å². The van der Waals surface area contributed by atoms with Crippen molar-refractivity contribution in [2.45, 2.75) is 45.8 Å². The minimum absolute atomic E-state index is 0.172. The second-order valence-electron chi connectivity index (χ2n) is 6.17. The van der Waals surface area contributed by atoms with Crippen LogP contribution >= 0.6 is 0 Å². The van der Waals surface area contributed by atoms with Crippen LogP contribution in [0.5, 0.6) is 5.75 Å². The molecule has 0 aliphatic carbocycles. The van der Waals surface area contributed by atoms with Gasteiger partial charge in [0.1, 0.15) is 31.0 Å². The van der Waals surface area contributed by atoms with Gasteiger partial charge in [0.2, 0.25) is 0 Å². The Kier molecular flexibility index (Phi) is 6.40. The highest BCUT2D eigenvalue weighted by Crippen LogP contribution is 2.13. The van der Waals surface area contributed by atoms with Crippen molar-refractivity contribution in [3.63, 3.8) is 0 Å². The molecule has 1 heterocycles. The lowest BCUT2D eigenvalue weighted by Gasteiger charge is -2.32. The number of Topliss-reactive ketones (excluding diaryl/α,β-unsaturated/α-hetero) is 1. The van der Waals surface area contributed by atoms with E-state index >= 15 is 0 Å². The summed E-state index contributed by atoms with van der Waals surface area (Å²) in [6.45, 7) is 10.2. The molecule has 1 aliphatic heterocycles. The van der Waals surface area contributed by atoms with Gasteiger partial charge in [0.25, 0.3) is 0 Å². The van der Waals surface area contributed by atoms with E-state index in [0.717, 1.165) is 37.4 Å². The van der Waals surface area contributed by atoms with E-state index in [2.05, 4.69) is 13.8 Å². The van der Waals surface area contributed by atoms with E-state index in [1.54, 1.807) is 4.90 Å². The highest BCUT2D eigenvalue weighted by molar-refractivity contribution is 5.95. The van der Waals surface area contributed by atoms with E-state index in [0.29, 0.717) is 25.2 Å². The summed E-state index contributed by atoms with van der Waals surface area (Å²) in [6.07, 6.45) is 2.27. The molecule has 1 aromatic carbocycles. The molecule has 122 valence electrons. The zero-order valence-electron chi connectivity index (χ0n) is 13.9. The summed E-state index contributed by atoms with van der Waals surface area (Å²) >= 11 is 0. The second kappa shape index (κ2) is 8.30. The molecule has 1 fully saturated rings. The summed E-state index contributed by atoms with van der Waals surface area (Å²) in [5.74, 6) is 1.01. The monoisotopic (exact) mass is 306 g/mol. The van der Waals surface area contributed by atoms with Gasteiger partial charge < -0.3 is 14.4 Å². The summed E-state index contributed by atoms with van der Waals surface area (Å²) in [5.41, 5.74) is 0.760. The maximum Gasteiger partial charge on any atom is 0.162 e. The first-order chi connectivity index (χ1) is 10.6. The number of rotatable bonds is 7. The van der Waals surface area contributed by atoms with Gasteiger partial charge in [0.15, 0.2) is 5.78 Å². The van der Waals surface area contributed by atoms with Crippen LogP contribution in [0.1, 0.15) is 44.0 Å². The summed E-state index contributed by atoms with van der Waals surface area (Å²) in [7, 11) is 0. The molecule has 0 unspecified atom stereocenters. The van der Waals surface area contributed by atoms with Crippen LogP contribution in [-0.4, -0.2) is 44.2 Å². The van der Waals surface area contributed by atoms with Crippen LogP contribution < -0.4 is 9.64 Å². The van der Waals surface area contributed by atoms with E-state index in [1.165, 1.54) is 0 Å². The van der Waals surface area contributed by atoms with Gasteiger partial charge in [-0.25, -0.2) is 0 Å². The Labute approximate surface area is 133 Å². The number of benzene rings is 1. The SMILES string of the molecule is CCC(=O)c1ccc(OCCC[NH+]2C[C@@H](C)O[C@H](C)C2)cc1. The minimum Gasteiger partial charge on any atom is -0.493 e. The fourth-order valence-corrected chi connectivity index (χ4v) is 3.05. The molecule has 2 atom stereocenters. The van der Waals surface area contributed by atoms with Crippen molar-refractivity contribution in [2.24, 2.45) is 0 Å². The number of ketones is 1. The molecule has 22 heavy (non-hydrogen) atoms. The first-order valence-electron chi connectivity index (χ1n) is 8.33. The average molecular weight is 306 g/mol. The van der Waals surface area contributed by atoms with Gasteiger partial charge in [-0.2, -0.15) is 0 Å². The van der Waals surface area contributed by atoms with E-state index < -0.39 is 0 Å².